The Labute approximate surface area is 114 Å². The van der Waals surface area contributed by atoms with Crippen LogP contribution in [0.1, 0.15) is 20.3 Å². The highest BCUT2D eigenvalue weighted by Gasteiger charge is 2.21. The molecule has 0 saturated heterocycles. The maximum Gasteiger partial charge on any atom is 0.260 e. The van der Waals surface area contributed by atoms with Gasteiger partial charge < -0.3 is 15.2 Å². The lowest BCUT2D eigenvalue weighted by molar-refractivity contribution is 0.300. The van der Waals surface area contributed by atoms with Gasteiger partial charge in [0.25, 0.3) is 10.0 Å². The highest BCUT2D eigenvalue weighted by atomic mass is 32.2. The van der Waals surface area contributed by atoms with Crippen LogP contribution in [0.3, 0.4) is 0 Å². The summed E-state index contributed by atoms with van der Waals surface area (Å²) in [6.45, 7) is 7.38. The normalized spacial score (nSPS) is 12.2. The molecule has 1 rings (SSSR count). The second kappa shape index (κ2) is 6.88. The molecule has 0 aliphatic heterocycles. The van der Waals surface area contributed by atoms with Gasteiger partial charge in [0.05, 0.1) is 6.33 Å². The van der Waals surface area contributed by atoms with Crippen molar-refractivity contribution < 1.29 is 8.42 Å². The van der Waals surface area contributed by atoms with Gasteiger partial charge in [-0.3, -0.25) is 0 Å². The van der Waals surface area contributed by atoms with Gasteiger partial charge in [0.2, 0.25) is 0 Å². The van der Waals surface area contributed by atoms with Gasteiger partial charge in [-0.15, -0.1) is 0 Å². The molecule has 8 heteroatoms. The van der Waals surface area contributed by atoms with Crippen molar-refractivity contribution in [3.63, 3.8) is 0 Å². The summed E-state index contributed by atoms with van der Waals surface area (Å²) < 4.78 is 28.1. The number of nitrogens with two attached hydrogens (primary N) is 1. The minimum Gasteiger partial charge on any atom is -0.381 e. The number of nitrogens with one attached hydrogen (secondary N) is 1. The average molecular weight is 289 g/mol. The van der Waals surface area contributed by atoms with Crippen LogP contribution in [0.25, 0.3) is 0 Å². The average Bonchev–Trinajstić information content (AvgIpc) is 2.70. The first-order valence-corrected chi connectivity index (χ1v) is 7.89. The first kappa shape index (κ1) is 15.9. The molecule has 19 heavy (non-hydrogen) atoms. The van der Waals surface area contributed by atoms with Gasteiger partial charge in [0.1, 0.15) is 0 Å². The molecule has 3 N–H and O–H groups in total. The fourth-order valence-corrected chi connectivity index (χ4v) is 3.19. The van der Waals surface area contributed by atoms with Crippen LogP contribution in [0.15, 0.2) is 11.4 Å². The van der Waals surface area contributed by atoms with Crippen LogP contribution in [0.2, 0.25) is 0 Å². The van der Waals surface area contributed by atoms with E-state index >= 15 is 0 Å². The summed E-state index contributed by atoms with van der Waals surface area (Å²) in [4.78, 5) is 6.02. The van der Waals surface area contributed by atoms with Gasteiger partial charge in [0, 0.05) is 13.6 Å². The van der Waals surface area contributed by atoms with E-state index < -0.39 is 10.0 Å². The molecule has 1 aromatic heterocycles. The zero-order valence-electron chi connectivity index (χ0n) is 11.8. The van der Waals surface area contributed by atoms with Gasteiger partial charge >= 0.3 is 0 Å². The Morgan fingerprint density at radius 3 is 2.53 bits per heavy atom. The Hall–Kier alpha value is -1.12. The molecule has 0 aliphatic carbocycles. The Bertz CT molecular complexity index is 474. The quantitative estimate of drug-likeness (QED) is 0.658. The van der Waals surface area contributed by atoms with Crippen LogP contribution in [0, 0.1) is 0 Å². The van der Waals surface area contributed by atoms with Gasteiger partial charge in [-0.1, -0.05) is 13.8 Å². The third kappa shape index (κ3) is 4.19. The largest absolute Gasteiger partial charge is 0.381 e. The number of rotatable bonds is 8. The van der Waals surface area contributed by atoms with E-state index in [4.69, 9.17) is 5.73 Å². The molecule has 0 saturated carbocycles. The number of imidazole rings is 1. The molecule has 0 fully saturated rings. The Morgan fingerprint density at radius 2 is 2.05 bits per heavy atom. The fourth-order valence-electron chi connectivity index (χ4n) is 1.88. The number of aromatic nitrogens is 2. The van der Waals surface area contributed by atoms with Crippen LogP contribution in [0.5, 0.6) is 0 Å². The topological polar surface area (TPSA) is 93.2 Å². The summed E-state index contributed by atoms with van der Waals surface area (Å²) in [5.74, 6) is 0.0266. The molecule has 0 bridgehead atoms. The molecule has 7 nitrogen and oxygen atoms in total. The molecule has 0 radical (unpaired) electrons. The Morgan fingerprint density at radius 1 is 1.42 bits per heavy atom. The van der Waals surface area contributed by atoms with Crippen molar-refractivity contribution in [3.05, 3.63) is 6.33 Å². The van der Waals surface area contributed by atoms with Crippen molar-refractivity contribution in [1.29, 1.82) is 0 Å². The molecule has 1 heterocycles. The third-order valence-corrected chi connectivity index (χ3v) is 4.59. The van der Waals surface area contributed by atoms with Crippen LogP contribution < -0.4 is 10.5 Å². The minimum atomic E-state index is -3.58. The lowest BCUT2D eigenvalue weighted by Crippen LogP contribution is -2.31. The highest BCUT2D eigenvalue weighted by molar-refractivity contribution is 7.89. The zero-order chi connectivity index (χ0) is 14.5. The van der Waals surface area contributed by atoms with E-state index in [1.165, 1.54) is 10.9 Å². The summed E-state index contributed by atoms with van der Waals surface area (Å²) >= 11 is 0. The summed E-state index contributed by atoms with van der Waals surface area (Å²) in [6, 6.07) is 0. The van der Waals surface area contributed by atoms with Crippen molar-refractivity contribution in [1.82, 2.24) is 19.2 Å². The number of hydrogen-bond donors (Lipinski definition) is 2. The summed E-state index contributed by atoms with van der Waals surface area (Å²) in [5.41, 5.74) is 5.56. The molecule has 110 valence electrons. The number of nitrogen functional groups attached to an aromatic ring is 1. The molecule has 1 aromatic rings. The third-order valence-electron chi connectivity index (χ3n) is 3.00. The monoisotopic (exact) mass is 289 g/mol. The summed E-state index contributed by atoms with van der Waals surface area (Å²) in [5, 5.41) is 0.0235. The zero-order valence-corrected chi connectivity index (χ0v) is 12.6. The SMILES string of the molecule is CCN(CC)CCCNS(=O)(=O)c1c(N)ncn1C. The van der Waals surface area contributed by atoms with Crippen molar-refractivity contribution in [3.8, 4) is 0 Å². The lowest BCUT2D eigenvalue weighted by Gasteiger charge is -2.17. The number of aryl methyl sites for hydroxylation is 1. The van der Waals surface area contributed by atoms with Gasteiger partial charge in [-0.25, -0.2) is 18.1 Å². The first-order valence-electron chi connectivity index (χ1n) is 6.41. The molecular formula is C11H23N5O2S. The van der Waals surface area contributed by atoms with Crippen LogP contribution in [-0.2, 0) is 17.1 Å². The van der Waals surface area contributed by atoms with Crippen molar-refractivity contribution in [2.75, 3.05) is 31.9 Å². The van der Waals surface area contributed by atoms with Crippen LogP contribution >= 0.6 is 0 Å². The van der Waals surface area contributed by atoms with E-state index in [0.717, 1.165) is 26.1 Å². The second-order valence-electron chi connectivity index (χ2n) is 4.32. The van der Waals surface area contributed by atoms with Gasteiger partial charge in [0.15, 0.2) is 10.8 Å². The van der Waals surface area contributed by atoms with E-state index in [0.29, 0.717) is 6.54 Å². The standard InChI is InChI=1S/C11H23N5O2S/c1-4-16(5-2)8-6-7-14-19(17,18)11-10(12)13-9-15(11)3/h9,14H,4-8,12H2,1-3H3. The molecule has 0 amide bonds. The number of nitrogens with zero attached hydrogens (tertiary/aromatic N) is 3. The van der Waals surface area contributed by atoms with Gasteiger partial charge in [-0.2, -0.15) is 0 Å². The molecule has 0 atom stereocenters. The molecule has 0 unspecified atom stereocenters. The minimum absolute atomic E-state index is 0.0235. The molecule has 0 aromatic carbocycles. The van der Waals surface area contributed by atoms with E-state index in [-0.39, 0.29) is 10.8 Å². The predicted molar refractivity (Wildman–Crippen MR) is 75.2 cm³/mol. The summed E-state index contributed by atoms with van der Waals surface area (Å²) in [7, 11) is -1.98. The van der Waals surface area contributed by atoms with E-state index in [1.54, 1.807) is 7.05 Å². The van der Waals surface area contributed by atoms with E-state index in [9.17, 15) is 8.42 Å². The van der Waals surface area contributed by atoms with E-state index in [2.05, 4.69) is 28.5 Å². The predicted octanol–water partition coefficient (Wildman–Crippen LogP) is 0.0125. The Balaban J connectivity index is 2.53. The maximum absolute atomic E-state index is 12.1. The van der Waals surface area contributed by atoms with Crippen molar-refractivity contribution >= 4 is 15.8 Å². The lowest BCUT2D eigenvalue weighted by atomic mass is 10.4. The van der Waals surface area contributed by atoms with Crippen molar-refractivity contribution in [2.45, 2.75) is 25.3 Å². The summed E-state index contributed by atoms with van der Waals surface area (Å²) in [6.07, 6.45) is 2.15. The maximum atomic E-state index is 12.1. The molecule has 0 aliphatic rings. The number of hydrogen-bond acceptors (Lipinski definition) is 5. The highest BCUT2D eigenvalue weighted by Crippen LogP contribution is 2.14. The fraction of sp³-hybridized carbons (Fsp3) is 0.727. The number of anilines is 1. The molecule has 0 spiro atoms. The van der Waals surface area contributed by atoms with Crippen LogP contribution in [0.4, 0.5) is 5.82 Å². The van der Waals surface area contributed by atoms with Crippen LogP contribution in [-0.4, -0.2) is 49.0 Å². The smallest absolute Gasteiger partial charge is 0.260 e. The van der Waals surface area contributed by atoms with E-state index in [1.807, 2.05) is 0 Å². The molecular weight excluding hydrogens is 266 g/mol. The van der Waals surface area contributed by atoms with Gasteiger partial charge in [-0.05, 0) is 26.1 Å². The van der Waals surface area contributed by atoms with Crippen molar-refractivity contribution in [2.24, 2.45) is 7.05 Å². The Kier molecular flexibility index (Phi) is 5.77. The number of sulfonamides is 1. The second-order valence-corrected chi connectivity index (χ2v) is 6.01. The first-order chi connectivity index (χ1) is 8.92.